The van der Waals surface area contributed by atoms with E-state index in [2.05, 4.69) is 11.9 Å². The van der Waals surface area contributed by atoms with E-state index in [4.69, 9.17) is 9.47 Å². The van der Waals surface area contributed by atoms with Crippen LogP contribution in [-0.2, 0) is 16.0 Å². The zero-order valence-corrected chi connectivity index (χ0v) is 18.7. The SMILES string of the molecule is C=CCc1cc(/C=C2\C(=O)NC(=O)N(c3ccc(C)c(C)c3)C2=O)cc(OCC)c1OC. The average molecular weight is 434 g/mol. The van der Waals surface area contributed by atoms with Crippen LogP contribution in [-0.4, -0.2) is 31.6 Å². The number of carbonyl (C=O) groups excluding carboxylic acids is 3. The number of rotatable bonds is 7. The lowest BCUT2D eigenvalue weighted by Gasteiger charge is -2.27. The monoisotopic (exact) mass is 434 g/mol. The second-order valence-electron chi connectivity index (χ2n) is 7.36. The van der Waals surface area contributed by atoms with Gasteiger partial charge in [0.2, 0.25) is 0 Å². The van der Waals surface area contributed by atoms with Gasteiger partial charge < -0.3 is 9.47 Å². The highest BCUT2D eigenvalue weighted by Crippen LogP contribution is 2.34. The summed E-state index contributed by atoms with van der Waals surface area (Å²) in [5, 5.41) is 2.25. The fourth-order valence-corrected chi connectivity index (χ4v) is 3.49. The third kappa shape index (κ3) is 4.42. The summed E-state index contributed by atoms with van der Waals surface area (Å²) >= 11 is 0. The van der Waals surface area contributed by atoms with Gasteiger partial charge in [0.05, 0.1) is 19.4 Å². The van der Waals surface area contributed by atoms with Crippen molar-refractivity contribution in [2.24, 2.45) is 0 Å². The van der Waals surface area contributed by atoms with Crippen molar-refractivity contribution < 1.29 is 23.9 Å². The quantitative estimate of drug-likeness (QED) is 0.403. The highest BCUT2D eigenvalue weighted by atomic mass is 16.5. The number of carbonyl (C=O) groups is 3. The van der Waals surface area contributed by atoms with Gasteiger partial charge in [0.1, 0.15) is 5.57 Å². The zero-order chi connectivity index (χ0) is 23.4. The summed E-state index contributed by atoms with van der Waals surface area (Å²) < 4.78 is 11.2. The molecule has 2 aromatic rings. The first-order valence-corrected chi connectivity index (χ1v) is 10.2. The first-order chi connectivity index (χ1) is 15.3. The summed E-state index contributed by atoms with van der Waals surface area (Å²) in [5.41, 5.74) is 3.56. The number of urea groups is 1. The van der Waals surface area contributed by atoms with Crippen molar-refractivity contribution in [2.75, 3.05) is 18.6 Å². The van der Waals surface area contributed by atoms with Gasteiger partial charge in [-0.25, -0.2) is 9.69 Å². The molecule has 1 N–H and O–H groups in total. The largest absolute Gasteiger partial charge is 0.493 e. The van der Waals surface area contributed by atoms with Gasteiger partial charge in [0.15, 0.2) is 11.5 Å². The number of ether oxygens (including phenoxy) is 2. The van der Waals surface area contributed by atoms with Crippen LogP contribution in [0.5, 0.6) is 11.5 Å². The van der Waals surface area contributed by atoms with Gasteiger partial charge >= 0.3 is 6.03 Å². The Bertz CT molecular complexity index is 1130. The van der Waals surface area contributed by atoms with E-state index in [9.17, 15) is 14.4 Å². The Balaban J connectivity index is 2.09. The normalized spacial score (nSPS) is 15.1. The van der Waals surface area contributed by atoms with Crippen molar-refractivity contribution in [1.82, 2.24) is 5.32 Å². The number of barbiturate groups is 1. The first-order valence-electron chi connectivity index (χ1n) is 10.2. The van der Waals surface area contributed by atoms with Crippen LogP contribution >= 0.6 is 0 Å². The molecule has 1 aliphatic heterocycles. The second-order valence-corrected chi connectivity index (χ2v) is 7.36. The van der Waals surface area contributed by atoms with Gasteiger partial charge in [0.25, 0.3) is 11.8 Å². The van der Waals surface area contributed by atoms with Gasteiger partial charge in [-0.05, 0) is 74.2 Å². The van der Waals surface area contributed by atoms with Crippen LogP contribution in [0.3, 0.4) is 0 Å². The number of amides is 4. The van der Waals surface area contributed by atoms with Crippen LogP contribution in [0.25, 0.3) is 6.08 Å². The maximum atomic E-state index is 13.2. The number of hydrogen-bond acceptors (Lipinski definition) is 5. The summed E-state index contributed by atoms with van der Waals surface area (Å²) in [7, 11) is 1.55. The molecule has 4 amide bonds. The van der Waals surface area contributed by atoms with Gasteiger partial charge in [-0.3, -0.25) is 14.9 Å². The third-order valence-electron chi connectivity index (χ3n) is 5.18. The number of imide groups is 2. The molecule has 1 heterocycles. The Kier molecular flexibility index (Phi) is 6.78. The molecule has 0 spiro atoms. The highest BCUT2D eigenvalue weighted by Gasteiger charge is 2.37. The summed E-state index contributed by atoms with van der Waals surface area (Å²) in [6, 6.07) is 7.95. The van der Waals surface area contributed by atoms with Crippen LogP contribution in [0.4, 0.5) is 10.5 Å². The Morgan fingerprint density at radius 3 is 2.47 bits per heavy atom. The van der Waals surface area contributed by atoms with E-state index in [1.165, 1.54) is 6.08 Å². The fraction of sp³-hybridized carbons (Fsp3) is 0.240. The van der Waals surface area contributed by atoms with Crippen molar-refractivity contribution >= 4 is 29.6 Å². The predicted molar refractivity (Wildman–Crippen MR) is 123 cm³/mol. The van der Waals surface area contributed by atoms with Crippen LogP contribution in [0.2, 0.25) is 0 Å². The van der Waals surface area contributed by atoms with Gasteiger partial charge in [0, 0.05) is 5.56 Å². The standard InChI is InChI=1S/C25H26N2O5/c1-6-8-18-12-17(14-21(32-7-2)22(18)31-5)13-20-23(28)26-25(30)27(24(20)29)19-10-9-15(3)16(4)11-19/h6,9-14H,1,7-8H2,2-5H3,(H,26,28,30)/b20-13+. The predicted octanol–water partition coefficient (Wildman–Crippen LogP) is 4.11. The van der Waals surface area contributed by atoms with Crippen molar-refractivity contribution in [3.63, 3.8) is 0 Å². The molecule has 0 aromatic heterocycles. The first kappa shape index (κ1) is 22.8. The molecule has 7 heteroatoms. The molecule has 1 fully saturated rings. The minimum Gasteiger partial charge on any atom is -0.493 e. The summed E-state index contributed by atoms with van der Waals surface area (Å²) in [6.07, 6.45) is 3.68. The van der Waals surface area contributed by atoms with Crippen molar-refractivity contribution in [3.05, 3.63) is 70.8 Å². The van der Waals surface area contributed by atoms with E-state index in [1.54, 1.807) is 37.5 Å². The number of methoxy groups -OCH3 is 1. The molecule has 0 aliphatic carbocycles. The van der Waals surface area contributed by atoms with E-state index in [-0.39, 0.29) is 5.57 Å². The molecule has 3 rings (SSSR count). The van der Waals surface area contributed by atoms with Crippen LogP contribution < -0.4 is 19.7 Å². The Hall–Kier alpha value is -3.87. The molecule has 1 saturated heterocycles. The van der Waals surface area contributed by atoms with E-state index in [1.807, 2.05) is 26.8 Å². The number of nitrogens with one attached hydrogen (secondary N) is 1. The van der Waals surface area contributed by atoms with E-state index >= 15 is 0 Å². The van der Waals surface area contributed by atoms with E-state index < -0.39 is 17.8 Å². The molecule has 32 heavy (non-hydrogen) atoms. The smallest absolute Gasteiger partial charge is 0.335 e. The Labute approximate surface area is 187 Å². The minimum absolute atomic E-state index is 0.153. The number of hydrogen-bond donors (Lipinski definition) is 1. The Morgan fingerprint density at radius 2 is 1.84 bits per heavy atom. The van der Waals surface area contributed by atoms with Crippen LogP contribution in [0.1, 0.15) is 29.2 Å². The van der Waals surface area contributed by atoms with E-state index in [0.29, 0.717) is 35.8 Å². The van der Waals surface area contributed by atoms with E-state index in [0.717, 1.165) is 21.6 Å². The molecular weight excluding hydrogens is 408 g/mol. The summed E-state index contributed by atoms with van der Waals surface area (Å²) in [6.45, 7) is 9.86. The Morgan fingerprint density at radius 1 is 1.09 bits per heavy atom. The minimum atomic E-state index is -0.780. The number of benzene rings is 2. The van der Waals surface area contributed by atoms with Crippen LogP contribution in [0, 0.1) is 13.8 Å². The molecule has 1 aliphatic rings. The summed E-state index contributed by atoms with van der Waals surface area (Å²) in [5.74, 6) is -0.382. The highest BCUT2D eigenvalue weighted by molar-refractivity contribution is 6.39. The molecule has 7 nitrogen and oxygen atoms in total. The lowest BCUT2D eigenvalue weighted by Crippen LogP contribution is -2.54. The molecular formula is C25H26N2O5. The van der Waals surface area contributed by atoms with Gasteiger partial charge in [-0.2, -0.15) is 0 Å². The van der Waals surface area contributed by atoms with Gasteiger partial charge in [-0.15, -0.1) is 6.58 Å². The molecule has 0 atom stereocenters. The number of aryl methyl sites for hydroxylation is 2. The molecule has 166 valence electrons. The number of anilines is 1. The van der Waals surface area contributed by atoms with Crippen molar-refractivity contribution in [2.45, 2.75) is 27.2 Å². The molecule has 0 bridgehead atoms. The van der Waals surface area contributed by atoms with Crippen LogP contribution in [0.15, 0.2) is 48.6 Å². The molecule has 0 radical (unpaired) electrons. The third-order valence-corrected chi connectivity index (χ3v) is 5.18. The number of allylic oxidation sites excluding steroid dienone is 1. The zero-order valence-electron chi connectivity index (χ0n) is 18.7. The lowest BCUT2D eigenvalue weighted by molar-refractivity contribution is -0.122. The molecule has 2 aromatic carbocycles. The molecule has 0 unspecified atom stereocenters. The second kappa shape index (κ2) is 9.51. The maximum absolute atomic E-state index is 13.2. The maximum Gasteiger partial charge on any atom is 0.335 e. The van der Waals surface area contributed by atoms with Gasteiger partial charge in [-0.1, -0.05) is 12.1 Å². The topological polar surface area (TPSA) is 84.9 Å². The molecule has 0 saturated carbocycles. The average Bonchev–Trinajstić information content (AvgIpc) is 2.74. The van der Waals surface area contributed by atoms with Crippen molar-refractivity contribution in [1.29, 1.82) is 0 Å². The number of nitrogens with zero attached hydrogens (tertiary/aromatic N) is 1. The lowest BCUT2D eigenvalue weighted by atomic mass is 10.0. The van der Waals surface area contributed by atoms with Crippen molar-refractivity contribution in [3.8, 4) is 11.5 Å². The fourth-order valence-electron chi connectivity index (χ4n) is 3.49. The summed E-state index contributed by atoms with van der Waals surface area (Å²) in [4.78, 5) is 39.2.